The molecule has 0 N–H and O–H groups in total. The summed E-state index contributed by atoms with van der Waals surface area (Å²) < 4.78 is 43.1. The van der Waals surface area contributed by atoms with Crippen LogP contribution in [0.25, 0.3) is 60.3 Å². The van der Waals surface area contributed by atoms with E-state index in [0.29, 0.717) is 88.1 Å². The molecule has 6 heterocycles. The molecular weight excluding hydrogens is 825 g/mol. The fraction of sp³-hybridized carbons (Fsp3) is 0.0870. The molecule has 9 aromatic rings. The highest BCUT2D eigenvalue weighted by atomic mass is 35.5. The third-order valence-corrected chi connectivity index (χ3v) is 11.4. The van der Waals surface area contributed by atoms with Crippen LogP contribution in [0.2, 0.25) is 10.0 Å². The van der Waals surface area contributed by atoms with Gasteiger partial charge >= 0.3 is 14.5 Å². The van der Waals surface area contributed by atoms with Gasteiger partial charge in [-0.15, -0.1) is 0 Å². The second-order valence-corrected chi connectivity index (χ2v) is 16.0. The minimum atomic E-state index is -1.15. The van der Waals surface area contributed by atoms with Gasteiger partial charge in [-0.3, -0.25) is 0 Å². The average Bonchev–Trinajstić information content (AvgIpc) is 4.12. The molecule has 2 aliphatic rings. The lowest BCUT2D eigenvalue weighted by Gasteiger charge is -2.18. The third kappa shape index (κ3) is 5.76. The van der Waals surface area contributed by atoms with E-state index in [2.05, 4.69) is 10.9 Å². The highest BCUT2D eigenvalue weighted by Gasteiger charge is 2.45. The number of nitrogens with zero attached hydrogens (tertiary/aromatic N) is 6. The van der Waals surface area contributed by atoms with Crippen LogP contribution < -0.4 is 29.3 Å². The normalized spacial score (nSPS) is 14.0. The fourth-order valence-electron chi connectivity index (χ4n) is 8.40. The van der Waals surface area contributed by atoms with Gasteiger partial charge in [-0.1, -0.05) is 85.6 Å². The van der Waals surface area contributed by atoms with E-state index >= 15 is 0 Å². The van der Waals surface area contributed by atoms with E-state index in [1.165, 1.54) is 0 Å². The van der Waals surface area contributed by atoms with Crippen LogP contribution in [0.4, 0.5) is 0 Å². The van der Waals surface area contributed by atoms with Crippen molar-refractivity contribution in [3.8, 4) is 40.3 Å². The Kier molecular flexibility index (Phi) is 8.65. The van der Waals surface area contributed by atoms with Crippen LogP contribution >= 0.6 is 23.2 Å². The molecule has 0 fully saturated rings. The number of para-hydroxylation sites is 4. The SMILES string of the molecule is [C-]#[N+]/C(c1nc2ccc(Cl)cc2o1)=c1\c2c(C(C)C)n(B3Oc4ccccc4O3)/c(=C(/C#N)c3nc4ccc(Cl)cc4o3)c2c(-c2ccccc2C)n1B1Oc2ccccc2O1. The van der Waals surface area contributed by atoms with E-state index in [1.54, 1.807) is 36.4 Å². The molecule has 0 spiro atoms. The standard InChI is InChI=1S/C46H28B2Cl2N6O6/c1-24(2)41-38-39(43(55(41)47-59-32-13-7-8-14-33(32)60-47)29(23-51)45-53-30-19-17-26(49)21-36(30)57-45)42(28-12-6-5-11-25(28)3)56(48-61-34-15-9-10-16-35(34)62-48)44(38)40(52-4)46-54-31-20-18-27(50)22-37(31)58-46/h5-22,24H,1-3H3/b43-29-,44-40+. The number of hydrogen-bond donors (Lipinski definition) is 0. The number of fused-ring (bicyclic) bond motifs is 5. The van der Waals surface area contributed by atoms with Crippen LogP contribution in [0.3, 0.4) is 0 Å². The molecule has 0 bridgehead atoms. The zero-order valence-electron chi connectivity index (χ0n) is 33.0. The fourth-order valence-corrected chi connectivity index (χ4v) is 8.73. The number of halogens is 2. The molecule has 0 atom stereocenters. The van der Waals surface area contributed by atoms with E-state index in [0.717, 1.165) is 11.1 Å². The number of aryl methyl sites for hydroxylation is 1. The van der Waals surface area contributed by atoms with Crippen LogP contribution in [0.1, 0.15) is 42.8 Å². The van der Waals surface area contributed by atoms with Crippen molar-refractivity contribution in [2.45, 2.75) is 26.7 Å². The van der Waals surface area contributed by atoms with Crippen molar-refractivity contribution >= 4 is 82.0 Å². The van der Waals surface area contributed by atoms with Gasteiger partial charge in [0.2, 0.25) is 11.8 Å². The first-order chi connectivity index (χ1) is 30.2. The molecule has 0 unspecified atom stereocenters. The smallest absolute Gasteiger partial charge is 0.503 e. The van der Waals surface area contributed by atoms with Crippen molar-refractivity contribution in [1.29, 1.82) is 5.26 Å². The van der Waals surface area contributed by atoms with Crippen molar-refractivity contribution in [2.24, 2.45) is 0 Å². The van der Waals surface area contributed by atoms with Crippen molar-refractivity contribution < 1.29 is 27.5 Å². The van der Waals surface area contributed by atoms with Crippen LogP contribution in [-0.2, 0) is 0 Å². The topological polar surface area (TPSA) is 127 Å². The van der Waals surface area contributed by atoms with E-state index < -0.39 is 14.5 Å². The molecule has 0 aliphatic carbocycles. The summed E-state index contributed by atoms with van der Waals surface area (Å²) in [7, 11) is -2.27. The Hall–Kier alpha value is -7.51. The largest absolute Gasteiger partial charge is 0.743 e. The van der Waals surface area contributed by atoms with Gasteiger partial charge in [0, 0.05) is 44.2 Å². The first kappa shape index (κ1) is 37.5. The second-order valence-electron chi connectivity index (χ2n) is 15.1. The van der Waals surface area contributed by atoms with Crippen LogP contribution in [0, 0.1) is 24.8 Å². The number of aromatic nitrogens is 4. The van der Waals surface area contributed by atoms with Gasteiger partial charge in [0.05, 0.1) is 23.0 Å². The third-order valence-electron chi connectivity index (χ3n) is 11.0. The Morgan fingerprint density at radius 2 is 1.21 bits per heavy atom. The Labute approximate surface area is 363 Å². The van der Waals surface area contributed by atoms with Crippen LogP contribution in [0.5, 0.6) is 23.0 Å². The Morgan fingerprint density at radius 1 is 0.694 bits per heavy atom. The summed E-state index contributed by atoms with van der Waals surface area (Å²) in [4.78, 5) is 13.9. The maximum atomic E-state index is 11.5. The lowest BCUT2D eigenvalue weighted by Crippen LogP contribution is -2.45. The Bertz CT molecular complexity index is 3430. The van der Waals surface area contributed by atoms with E-state index in [1.807, 2.05) is 103 Å². The van der Waals surface area contributed by atoms with E-state index in [9.17, 15) is 5.26 Å². The molecular formula is C46H28B2Cl2N6O6. The molecule has 0 radical (unpaired) electrons. The minimum Gasteiger partial charge on any atom is -0.503 e. The monoisotopic (exact) mass is 852 g/mol. The highest BCUT2D eigenvalue weighted by Crippen LogP contribution is 2.41. The van der Waals surface area contributed by atoms with Gasteiger partial charge < -0.3 is 36.4 Å². The molecule has 2 aliphatic heterocycles. The van der Waals surface area contributed by atoms with Crippen molar-refractivity contribution in [2.75, 3.05) is 0 Å². The average molecular weight is 853 g/mol. The lowest BCUT2D eigenvalue weighted by molar-refractivity contribution is 0.473. The number of benzene rings is 5. The summed E-state index contributed by atoms with van der Waals surface area (Å²) in [5, 5.41) is 14.2. The maximum Gasteiger partial charge on any atom is 0.743 e. The van der Waals surface area contributed by atoms with Crippen LogP contribution in [0.15, 0.2) is 118 Å². The van der Waals surface area contributed by atoms with Gasteiger partial charge in [-0.05, 0) is 66.9 Å². The molecule has 5 aromatic carbocycles. The molecule has 11 rings (SSSR count). The van der Waals surface area contributed by atoms with Gasteiger partial charge in [-0.25, -0.2) is 14.8 Å². The molecule has 16 heteroatoms. The van der Waals surface area contributed by atoms with Crippen molar-refractivity contribution in [3.63, 3.8) is 0 Å². The van der Waals surface area contributed by atoms with E-state index in [4.69, 9.17) is 67.2 Å². The first-order valence-electron chi connectivity index (χ1n) is 19.6. The predicted molar refractivity (Wildman–Crippen MR) is 236 cm³/mol. The first-order valence-corrected chi connectivity index (χ1v) is 20.3. The summed E-state index contributed by atoms with van der Waals surface area (Å²) >= 11 is 12.8. The number of rotatable bonds is 6. The summed E-state index contributed by atoms with van der Waals surface area (Å²) in [6.45, 7) is 15.0. The zero-order chi connectivity index (χ0) is 42.4. The summed E-state index contributed by atoms with van der Waals surface area (Å²) in [5.41, 5.74) is 4.75. The second kappa shape index (κ2) is 14.3. The lowest BCUT2D eigenvalue weighted by atomic mass is 9.99. The molecule has 12 nitrogen and oxygen atoms in total. The number of nitriles is 1. The summed E-state index contributed by atoms with van der Waals surface area (Å²) in [6, 6.07) is 35.2. The molecule has 0 amide bonds. The van der Waals surface area contributed by atoms with Crippen molar-refractivity contribution in [3.05, 3.63) is 164 Å². The molecule has 4 aromatic heterocycles. The highest BCUT2D eigenvalue weighted by molar-refractivity contribution is 6.49. The van der Waals surface area contributed by atoms with Gasteiger partial charge in [0.25, 0.3) is 5.70 Å². The quantitative estimate of drug-likeness (QED) is 0.119. The molecule has 0 saturated heterocycles. The molecule has 298 valence electrons. The number of hydrogen-bond acceptors (Lipinski definition) is 9. The van der Waals surface area contributed by atoms with Gasteiger partial charge in [0.15, 0.2) is 11.2 Å². The minimum absolute atomic E-state index is 0.0345. The predicted octanol–water partition coefficient (Wildman–Crippen LogP) is 9.54. The van der Waals surface area contributed by atoms with Gasteiger partial charge in [-0.2, -0.15) is 5.26 Å². The maximum absolute atomic E-state index is 11.5. The van der Waals surface area contributed by atoms with E-state index in [-0.39, 0.29) is 29.0 Å². The summed E-state index contributed by atoms with van der Waals surface area (Å²) in [5.74, 6) is 1.81. The Balaban J connectivity index is 1.40. The van der Waals surface area contributed by atoms with Crippen molar-refractivity contribution in [1.82, 2.24) is 18.9 Å². The molecule has 0 saturated carbocycles. The Morgan fingerprint density at radius 3 is 1.74 bits per heavy atom. The van der Waals surface area contributed by atoms with Crippen LogP contribution in [-0.4, -0.2) is 33.4 Å². The number of oxazole rings is 2. The molecule has 62 heavy (non-hydrogen) atoms. The summed E-state index contributed by atoms with van der Waals surface area (Å²) in [6.07, 6.45) is 0. The van der Waals surface area contributed by atoms with Gasteiger partial charge in [0.1, 0.15) is 45.7 Å². The zero-order valence-corrected chi connectivity index (χ0v) is 34.5.